The Kier molecular flexibility index (Phi) is 3.01. The van der Waals surface area contributed by atoms with E-state index in [-0.39, 0.29) is 16.5 Å². The number of nitrogens with one attached hydrogen (secondary N) is 1. The van der Waals surface area contributed by atoms with Gasteiger partial charge in [-0.3, -0.25) is 9.11 Å². The van der Waals surface area contributed by atoms with E-state index < -0.39 is 30.0 Å². The average Bonchev–Trinajstić information content (AvgIpc) is 2.26. The van der Waals surface area contributed by atoms with E-state index >= 15 is 0 Å². The second-order valence-corrected chi connectivity index (χ2v) is 6.58. The first-order valence-corrected chi connectivity index (χ1v) is 7.72. The van der Waals surface area contributed by atoms with Crippen molar-refractivity contribution in [3.05, 3.63) is 30.3 Å². The second-order valence-electron chi connectivity index (χ2n) is 3.77. The van der Waals surface area contributed by atoms with Crippen LogP contribution in [0.15, 0.2) is 40.1 Å². The molecule has 2 aromatic carbocycles. The van der Waals surface area contributed by atoms with Gasteiger partial charge in [-0.15, -0.1) is 0 Å². The van der Waals surface area contributed by atoms with Crippen LogP contribution in [-0.4, -0.2) is 25.9 Å². The van der Waals surface area contributed by atoms with Gasteiger partial charge in [0.15, 0.2) is 0 Å². The number of hydrogen-bond acceptors (Lipinski definition) is 4. The summed E-state index contributed by atoms with van der Waals surface area (Å²) in [5.74, 6) is 0. The minimum Gasteiger partial charge on any atom is -0.300 e. The molecule has 0 atom stereocenters. The molecular formula is C10H8NO6S2. The van der Waals surface area contributed by atoms with Crippen LogP contribution in [0.1, 0.15) is 0 Å². The molecule has 0 aliphatic rings. The zero-order valence-corrected chi connectivity index (χ0v) is 10.9. The maximum absolute atomic E-state index is 11.2. The van der Waals surface area contributed by atoms with Gasteiger partial charge in [-0.2, -0.15) is 16.8 Å². The van der Waals surface area contributed by atoms with Gasteiger partial charge in [0.05, 0.1) is 10.6 Å². The van der Waals surface area contributed by atoms with Crippen molar-refractivity contribution in [2.45, 2.75) is 9.79 Å². The molecule has 7 nitrogen and oxygen atoms in total. The lowest BCUT2D eigenvalue weighted by molar-refractivity contribution is 0.482. The van der Waals surface area contributed by atoms with Gasteiger partial charge in [-0.1, -0.05) is 6.07 Å². The summed E-state index contributed by atoms with van der Waals surface area (Å²) in [6, 6.07) is 5.24. The fourth-order valence-electron chi connectivity index (χ4n) is 1.69. The fraction of sp³-hybridized carbons (Fsp3) is 0. The van der Waals surface area contributed by atoms with E-state index in [0.29, 0.717) is 0 Å². The molecule has 0 saturated heterocycles. The Bertz CT molecular complexity index is 870. The first-order valence-electron chi connectivity index (χ1n) is 4.84. The third kappa shape index (κ3) is 2.54. The number of fused-ring (bicyclic) bond motifs is 1. The summed E-state index contributed by atoms with van der Waals surface area (Å²) < 4.78 is 62.3. The van der Waals surface area contributed by atoms with Crippen LogP contribution in [0.2, 0.25) is 0 Å². The Morgan fingerprint density at radius 3 is 2.00 bits per heavy atom. The number of hydrogen-bond donors (Lipinski definition) is 2. The Balaban J connectivity index is 2.93. The Labute approximate surface area is 109 Å². The third-order valence-electron chi connectivity index (χ3n) is 2.52. The largest absolute Gasteiger partial charge is 0.300 e. The highest BCUT2D eigenvalue weighted by molar-refractivity contribution is 7.86. The zero-order chi connectivity index (χ0) is 14.4. The molecule has 19 heavy (non-hydrogen) atoms. The first kappa shape index (κ1) is 13.7. The zero-order valence-electron chi connectivity index (χ0n) is 9.23. The van der Waals surface area contributed by atoms with Gasteiger partial charge in [-0.05, 0) is 24.3 Å². The standard InChI is InChI=1S/C10H8NO6S2/c11-9-3-4-10(19(15,16)17)7-2-1-6(5-8(7)9)18(12,13)14/h1-5,11H,(H,12,13,14)(H,15,16,17). The van der Waals surface area contributed by atoms with Crippen LogP contribution in [-0.2, 0) is 20.2 Å². The molecule has 0 aliphatic carbocycles. The molecule has 0 unspecified atom stereocenters. The molecule has 1 radical (unpaired) electrons. The van der Waals surface area contributed by atoms with Gasteiger partial charge >= 0.3 is 0 Å². The van der Waals surface area contributed by atoms with Crippen molar-refractivity contribution in [1.29, 1.82) is 0 Å². The Morgan fingerprint density at radius 1 is 0.842 bits per heavy atom. The normalized spacial score (nSPS) is 12.7. The first-order chi connectivity index (χ1) is 8.60. The minimum atomic E-state index is -4.49. The topological polar surface area (TPSA) is 133 Å². The number of rotatable bonds is 2. The lowest BCUT2D eigenvalue weighted by Crippen LogP contribution is -2.01. The Hall–Kier alpha value is -1.68. The summed E-state index contributed by atoms with van der Waals surface area (Å²) in [5.41, 5.74) is 7.48. The highest BCUT2D eigenvalue weighted by atomic mass is 32.2. The van der Waals surface area contributed by atoms with Crippen LogP contribution >= 0.6 is 0 Å². The molecule has 101 valence electrons. The highest BCUT2D eigenvalue weighted by Gasteiger charge is 2.18. The summed E-state index contributed by atoms with van der Waals surface area (Å²) in [6.07, 6.45) is 0. The van der Waals surface area contributed by atoms with Crippen molar-refractivity contribution in [1.82, 2.24) is 5.73 Å². The van der Waals surface area contributed by atoms with Gasteiger partial charge in [-0.25, -0.2) is 0 Å². The maximum Gasteiger partial charge on any atom is 0.295 e. The second kappa shape index (κ2) is 4.17. The van der Waals surface area contributed by atoms with Crippen LogP contribution in [0.5, 0.6) is 0 Å². The molecule has 0 aliphatic heterocycles. The Morgan fingerprint density at radius 2 is 1.47 bits per heavy atom. The molecule has 0 fully saturated rings. The quantitative estimate of drug-likeness (QED) is 0.802. The molecule has 0 spiro atoms. The van der Waals surface area contributed by atoms with Crippen molar-refractivity contribution in [3.63, 3.8) is 0 Å². The maximum atomic E-state index is 11.2. The van der Waals surface area contributed by atoms with E-state index in [0.717, 1.165) is 30.3 Å². The summed E-state index contributed by atoms with van der Waals surface area (Å²) >= 11 is 0. The van der Waals surface area contributed by atoms with Gasteiger partial charge in [0, 0.05) is 10.8 Å². The van der Waals surface area contributed by atoms with Gasteiger partial charge in [0.25, 0.3) is 20.2 Å². The summed E-state index contributed by atoms with van der Waals surface area (Å²) in [5, 5.41) is -0.00681. The molecule has 0 heterocycles. The molecule has 0 saturated carbocycles. The predicted molar refractivity (Wildman–Crippen MR) is 66.3 cm³/mol. The molecule has 2 rings (SSSR count). The number of benzene rings is 2. The van der Waals surface area contributed by atoms with Crippen molar-refractivity contribution in [2.24, 2.45) is 0 Å². The predicted octanol–water partition coefficient (Wildman–Crippen LogP) is 1.25. The molecule has 2 aromatic rings. The summed E-state index contributed by atoms with van der Waals surface area (Å²) in [4.78, 5) is -0.888. The highest BCUT2D eigenvalue weighted by Crippen LogP contribution is 2.30. The van der Waals surface area contributed by atoms with E-state index in [9.17, 15) is 16.8 Å². The van der Waals surface area contributed by atoms with Crippen LogP contribution in [0.3, 0.4) is 0 Å². The summed E-state index contributed by atoms with van der Waals surface area (Å²) in [6.45, 7) is 0. The van der Waals surface area contributed by atoms with E-state index in [1.165, 1.54) is 0 Å². The van der Waals surface area contributed by atoms with E-state index in [4.69, 9.17) is 14.8 Å². The molecular weight excluding hydrogens is 294 g/mol. The molecule has 3 N–H and O–H groups in total. The van der Waals surface area contributed by atoms with E-state index in [2.05, 4.69) is 0 Å². The molecule has 0 amide bonds. The molecule has 0 bridgehead atoms. The monoisotopic (exact) mass is 302 g/mol. The van der Waals surface area contributed by atoms with Crippen molar-refractivity contribution in [2.75, 3.05) is 0 Å². The smallest absolute Gasteiger partial charge is 0.295 e. The molecule has 0 aromatic heterocycles. The van der Waals surface area contributed by atoms with E-state index in [1.54, 1.807) is 0 Å². The van der Waals surface area contributed by atoms with Crippen LogP contribution in [0.4, 0.5) is 5.69 Å². The van der Waals surface area contributed by atoms with Crippen molar-refractivity contribution >= 4 is 36.7 Å². The van der Waals surface area contributed by atoms with E-state index in [1.807, 2.05) is 0 Å². The van der Waals surface area contributed by atoms with Crippen molar-refractivity contribution in [3.8, 4) is 0 Å². The minimum absolute atomic E-state index is 0.00222. The van der Waals surface area contributed by atoms with Crippen LogP contribution in [0, 0.1) is 0 Å². The van der Waals surface area contributed by atoms with Crippen LogP contribution in [0.25, 0.3) is 10.8 Å². The van der Waals surface area contributed by atoms with Gasteiger partial charge < -0.3 is 5.73 Å². The fourth-order valence-corrected chi connectivity index (χ4v) is 2.89. The third-order valence-corrected chi connectivity index (χ3v) is 4.29. The van der Waals surface area contributed by atoms with Crippen molar-refractivity contribution < 1.29 is 25.9 Å². The molecule has 9 heteroatoms. The lowest BCUT2D eigenvalue weighted by Gasteiger charge is -2.07. The average molecular weight is 302 g/mol. The lowest BCUT2D eigenvalue weighted by atomic mass is 10.1. The van der Waals surface area contributed by atoms with Crippen LogP contribution < -0.4 is 5.73 Å². The SMILES string of the molecule is [NH]c1ccc(S(=O)(=O)O)c2ccc(S(=O)(=O)O)cc12. The van der Waals surface area contributed by atoms with Gasteiger partial charge in [0.1, 0.15) is 4.90 Å². The van der Waals surface area contributed by atoms with Gasteiger partial charge in [0.2, 0.25) is 0 Å². The summed E-state index contributed by atoms with van der Waals surface area (Å²) in [7, 11) is -8.94.